The lowest BCUT2D eigenvalue weighted by molar-refractivity contribution is -0.134. The standard InChI is InChI=1S/C12H13F3N4O2S/c1-6-9(12(13,14)15)22-11(16-6)17-10(20)8-4-7(21-18-8)5-19(2)3/h4H,5H2,1-3H3,(H,16,17,20). The van der Waals surface area contributed by atoms with Gasteiger partial charge in [0, 0.05) is 6.07 Å². The fourth-order valence-corrected chi connectivity index (χ4v) is 2.51. The molecular weight excluding hydrogens is 321 g/mol. The second-order valence-electron chi connectivity index (χ2n) is 4.80. The van der Waals surface area contributed by atoms with Crippen LogP contribution in [0.2, 0.25) is 0 Å². The molecule has 0 fully saturated rings. The van der Waals surface area contributed by atoms with Gasteiger partial charge in [0.25, 0.3) is 5.91 Å². The molecule has 0 aromatic carbocycles. The van der Waals surface area contributed by atoms with Gasteiger partial charge in [-0.3, -0.25) is 10.1 Å². The molecule has 10 heteroatoms. The minimum atomic E-state index is -4.49. The van der Waals surface area contributed by atoms with E-state index in [1.165, 1.54) is 13.0 Å². The molecular formula is C12H13F3N4O2S. The topological polar surface area (TPSA) is 71.3 Å². The van der Waals surface area contributed by atoms with Gasteiger partial charge in [0.05, 0.1) is 12.2 Å². The molecule has 0 aliphatic rings. The molecule has 120 valence electrons. The number of halogens is 3. The number of carbonyl (C=O) groups excluding carboxylic acids is 1. The largest absolute Gasteiger partial charge is 0.427 e. The first kappa shape index (κ1) is 16.4. The summed E-state index contributed by atoms with van der Waals surface area (Å²) in [6.45, 7) is 1.69. The summed E-state index contributed by atoms with van der Waals surface area (Å²) in [7, 11) is 3.64. The van der Waals surface area contributed by atoms with Gasteiger partial charge in [-0.1, -0.05) is 16.5 Å². The highest BCUT2D eigenvalue weighted by atomic mass is 32.1. The van der Waals surface area contributed by atoms with Crippen LogP contribution in [0.4, 0.5) is 18.3 Å². The zero-order chi connectivity index (χ0) is 16.5. The van der Waals surface area contributed by atoms with Crippen LogP contribution in [0.15, 0.2) is 10.6 Å². The highest BCUT2D eigenvalue weighted by Gasteiger charge is 2.36. The van der Waals surface area contributed by atoms with Gasteiger partial charge in [-0.25, -0.2) is 4.98 Å². The third-order valence-electron chi connectivity index (χ3n) is 2.54. The van der Waals surface area contributed by atoms with Gasteiger partial charge in [-0.2, -0.15) is 13.2 Å². The van der Waals surface area contributed by atoms with E-state index in [1.807, 2.05) is 19.0 Å². The van der Waals surface area contributed by atoms with Crippen LogP contribution in [0.3, 0.4) is 0 Å². The van der Waals surface area contributed by atoms with E-state index in [9.17, 15) is 18.0 Å². The first-order valence-electron chi connectivity index (χ1n) is 6.13. The maximum absolute atomic E-state index is 12.7. The van der Waals surface area contributed by atoms with Gasteiger partial charge in [0.2, 0.25) is 0 Å². The van der Waals surface area contributed by atoms with Crippen LogP contribution in [0.1, 0.15) is 26.8 Å². The molecule has 2 aromatic rings. The van der Waals surface area contributed by atoms with Crippen LogP contribution >= 0.6 is 11.3 Å². The van der Waals surface area contributed by atoms with E-state index in [1.54, 1.807) is 0 Å². The molecule has 22 heavy (non-hydrogen) atoms. The predicted molar refractivity (Wildman–Crippen MR) is 73.7 cm³/mol. The monoisotopic (exact) mass is 334 g/mol. The highest BCUT2D eigenvalue weighted by molar-refractivity contribution is 7.16. The van der Waals surface area contributed by atoms with Crippen molar-refractivity contribution in [3.8, 4) is 0 Å². The molecule has 0 atom stereocenters. The lowest BCUT2D eigenvalue weighted by atomic mass is 10.3. The quantitative estimate of drug-likeness (QED) is 0.931. The first-order chi connectivity index (χ1) is 10.2. The average Bonchev–Trinajstić information content (AvgIpc) is 2.94. The van der Waals surface area contributed by atoms with E-state index in [2.05, 4.69) is 15.5 Å². The van der Waals surface area contributed by atoms with Crippen LogP contribution in [0.5, 0.6) is 0 Å². The maximum atomic E-state index is 12.7. The Bertz CT molecular complexity index is 678. The molecule has 2 heterocycles. The van der Waals surface area contributed by atoms with Gasteiger partial charge in [-0.15, -0.1) is 0 Å². The maximum Gasteiger partial charge on any atom is 0.427 e. The molecule has 0 aliphatic heterocycles. The summed E-state index contributed by atoms with van der Waals surface area (Å²) in [6.07, 6.45) is -4.49. The summed E-state index contributed by atoms with van der Waals surface area (Å²) in [5.74, 6) is -0.197. The third-order valence-corrected chi connectivity index (χ3v) is 3.66. The molecule has 2 rings (SSSR count). The van der Waals surface area contributed by atoms with Crippen molar-refractivity contribution >= 4 is 22.4 Å². The van der Waals surface area contributed by atoms with Gasteiger partial charge in [0.1, 0.15) is 4.88 Å². The number of alkyl halides is 3. The Kier molecular flexibility index (Phi) is 4.52. The van der Waals surface area contributed by atoms with E-state index in [4.69, 9.17) is 4.52 Å². The van der Waals surface area contributed by atoms with Gasteiger partial charge < -0.3 is 9.42 Å². The number of thiazole rings is 1. The Labute approximate surface area is 127 Å². The number of anilines is 1. The van der Waals surface area contributed by atoms with Crippen LogP contribution < -0.4 is 5.32 Å². The number of nitrogens with zero attached hydrogens (tertiary/aromatic N) is 3. The zero-order valence-corrected chi connectivity index (χ0v) is 12.8. The number of hydrogen-bond acceptors (Lipinski definition) is 6. The van der Waals surface area contributed by atoms with Crippen molar-refractivity contribution in [1.82, 2.24) is 15.0 Å². The van der Waals surface area contributed by atoms with Crippen molar-refractivity contribution in [2.45, 2.75) is 19.6 Å². The SMILES string of the molecule is Cc1nc(NC(=O)c2cc(CN(C)C)on2)sc1C(F)(F)F. The van der Waals surface area contributed by atoms with Crippen molar-refractivity contribution in [2.24, 2.45) is 0 Å². The summed E-state index contributed by atoms with van der Waals surface area (Å²) in [4.78, 5) is 16.6. The fourth-order valence-electron chi connectivity index (χ4n) is 1.68. The van der Waals surface area contributed by atoms with Crippen LogP contribution in [-0.4, -0.2) is 35.0 Å². The van der Waals surface area contributed by atoms with Gasteiger partial charge in [-0.05, 0) is 21.0 Å². The molecule has 0 aliphatic carbocycles. The van der Waals surface area contributed by atoms with Crippen molar-refractivity contribution in [3.63, 3.8) is 0 Å². The summed E-state index contributed by atoms with van der Waals surface area (Å²) in [6, 6.07) is 1.43. The van der Waals surface area contributed by atoms with E-state index < -0.39 is 17.0 Å². The van der Waals surface area contributed by atoms with Crippen molar-refractivity contribution in [1.29, 1.82) is 0 Å². The van der Waals surface area contributed by atoms with Crippen LogP contribution in [-0.2, 0) is 12.7 Å². The van der Waals surface area contributed by atoms with E-state index in [0.717, 1.165) is 0 Å². The predicted octanol–water partition coefficient (Wildman–Crippen LogP) is 2.77. The van der Waals surface area contributed by atoms with Gasteiger partial charge in [0.15, 0.2) is 16.6 Å². The summed E-state index contributed by atoms with van der Waals surface area (Å²) < 4.78 is 43.0. The lowest BCUT2D eigenvalue weighted by Gasteiger charge is -2.03. The second kappa shape index (κ2) is 6.05. The highest BCUT2D eigenvalue weighted by Crippen LogP contribution is 2.37. The summed E-state index contributed by atoms with van der Waals surface area (Å²) in [5, 5.41) is 5.74. The molecule has 1 N–H and O–H groups in total. The first-order valence-corrected chi connectivity index (χ1v) is 6.94. The summed E-state index contributed by atoms with van der Waals surface area (Å²) in [5.41, 5.74) is -0.195. The fraction of sp³-hybridized carbons (Fsp3) is 0.417. The van der Waals surface area contributed by atoms with Crippen LogP contribution in [0, 0.1) is 6.92 Å². The summed E-state index contributed by atoms with van der Waals surface area (Å²) >= 11 is 0.372. The number of aryl methyl sites for hydroxylation is 1. The van der Waals surface area contributed by atoms with Crippen molar-refractivity contribution < 1.29 is 22.5 Å². The molecule has 0 spiro atoms. The molecule has 0 radical (unpaired) electrons. The minimum Gasteiger partial charge on any atom is -0.359 e. The Balaban J connectivity index is 2.11. The number of rotatable bonds is 4. The number of aromatic nitrogens is 2. The van der Waals surface area contributed by atoms with E-state index in [-0.39, 0.29) is 16.5 Å². The Morgan fingerprint density at radius 2 is 2.14 bits per heavy atom. The number of carbonyl (C=O) groups is 1. The second-order valence-corrected chi connectivity index (χ2v) is 5.80. The van der Waals surface area contributed by atoms with Crippen LogP contribution in [0.25, 0.3) is 0 Å². The van der Waals surface area contributed by atoms with Crippen molar-refractivity contribution in [2.75, 3.05) is 19.4 Å². The average molecular weight is 334 g/mol. The Hall–Kier alpha value is -1.94. The molecule has 0 bridgehead atoms. The smallest absolute Gasteiger partial charge is 0.359 e. The van der Waals surface area contributed by atoms with E-state index in [0.29, 0.717) is 23.6 Å². The molecule has 0 unspecified atom stereocenters. The number of nitrogens with one attached hydrogen (secondary N) is 1. The van der Waals surface area contributed by atoms with Crippen molar-refractivity contribution in [3.05, 3.63) is 28.1 Å². The third kappa shape index (κ3) is 3.83. The molecule has 0 saturated carbocycles. The molecule has 6 nitrogen and oxygen atoms in total. The van der Waals surface area contributed by atoms with E-state index >= 15 is 0 Å². The molecule has 2 aromatic heterocycles. The Morgan fingerprint density at radius 3 is 2.68 bits per heavy atom. The number of amides is 1. The molecule has 0 saturated heterocycles. The minimum absolute atomic E-state index is 0.0155. The Morgan fingerprint density at radius 1 is 1.45 bits per heavy atom. The molecule has 1 amide bonds. The number of hydrogen-bond donors (Lipinski definition) is 1. The zero-order valence-electron chi connectivity index (χ0n) is 12.0. The normalized spacial score (nSPS) is 12.0. The lowest BCUT2D eigenvalue weighted by Crippen LogP contribution is -2.12. The van der Waals surface area contributed by atoms with Gasteiger partial charge >= 0.3 is 6.18 Å².